The minimum atomic E-state index is -3.59. The van der Waals surface area contributed by atoms with Gasteiger partial charge >= 0.3 is 0 Å². The summed E-state index contributed by atoms with van der Waals surface area (Å²) in [5.74, 6) is -0.226. The number of amides is 1. The van der Waals surface area contributed by atoms with Crippen LogP contribution in [0.5, 0.6) is 0 Å². The predicted molar refractivity (Wildman–Crippen MR) is 102 cm³/mol. The van der Waals surface area contributed by atoms with Crippen LogP contribution >= 0.6 is 11.6 Å². The Morgan fingerprint density at radius 3 is 2.28 bits per heavy atom. The third-order valence-corrected chi connectivity index (χ3v) is 5.17. The summed E-state index contributed by atoms with van der Waals surface area (Å²) in [6.45, 7) is 2.16. The Kier molecular flexibility index (Phi) is 6.45. The molecule has 0 aliphatic carbocycles. The molecule has 0 spiro atoms. The third kappa shape index (κ3) is 5.76. The number of sulfonamides is 1. The molecule has 0 aliphatic heterocycles. The minimum absolute atomic E-state index is 0.132. The second-order valence-electron chi connectivity index (χ2n) is 5.86. The fourth-order valence-electron chi connectivity index (χ4n) is 2.36. The number of carbonyl (C=O) groups is 1. The summed E-state index contributed by atoms with van der Waals surface area (Å²) in [7, 11) is -3.59. The Bertz CT molecular complexity index is 808. The van der Waals surface area contributed by atoms with Crippen molar-refractivity contribution >= 4 is 33.2 Å². The standard InChI is InChI=1S/C18H21ClN2O3S/c1-14(15-6-4-3-5-7-15)12-20-18(22)13-21(25(2,23)24)17-10-8-16(19)9-11-17/h3-11,14H,12-13H2,1-2H3,(H,20,22). The zero-order valence-corrected chi connectivity index (χ0v) is 15.7. The maximum absolute atomic E-state index is 12.2. The van der Waals surface area contributed by atoms with Crippen molar-refractivity contribution in [2.24, 2.45) is 0 Å². The highest BCUT2D eigenvalue weighted by Crippen LogP contribution is 2.20. The van der Waals surface area contributed by atoms with Gasteiger partial charge in [-0.2, -0.15) is 0 Å². The number of rotatable bonds is 7. The lowest BCUT2D eigenvalue weighted by molar-refractivity contribution is -0.119. The van der Waals surface area contributed by atoms with Gasteiger partial charge in [0.1, 0.15) is 6.54 Å². The molecule has 0 bridgehead atoms. The zero-order valence-electron chi connectivity index (χ0n) is 14.1. The lowest BCUT2D eigenvalue weighted by atomic mass is 10.0. The summed E-state index contributed by atoms with van der Waals surface area (Å²) in [5.41, 5.74) is 1.51. The van der Waals surface area contributed by atoms with Crippen LogP contribution in [0.4, 0.5) is 5.69 Å². The van der Waals surface area contributed by atoms with Gasteiger partial charge in [-0.1, -0.05) is 48.9 Å². The molecule has 1 unspecified atom stereocenters. The predicted octanol–water partition coefficient (Wildman–Crippen LogP) is 3.03. The molecule has 0 aliphatic rings. The highest BCUT2D eigenvalue weighted by molar-refractivity contribution is 7.92. The van der Waals surface area contributed by atoms with E-state index in [9.17, 15) is 13.2 Å². The number of anilines is 1. The molecule has 2 rings (SSSR count). The normalized spacial score (nSPS) is 12.4. The van der Waals surface area contributed by atoms with Gasteiger partial charge in [-0.3, -0.25) is 9.10 Å². The van der Waals surface area contributed by atoms with Crippen molar-refractivity contribution in [2.45, 2.75) is 12.8 Å². The Labute approximate surface area is 153 Å². The second-order valence-corrected chi connectivity index (χ2v) is 8.21. The minimum Gasteiger partial charge on any atom is -0.354 e. The van der Waals surface area contributed by atoms with Gasteiger partial charge in [0, 0.05) is 11.6 Å². The first kappa shape index (κ1) is 19.3. The molecule has 1 N–H and O–H groups in total. The maximum Gasteiger partial charge on any atom is 0.240 e. The van der Waals surface area contributed by atoms with Crippen molar-refractivity contribution in [2.75, 3.05) is 23.7 Å². The number of benzene rings is 2. The average Bonchev–Trinajstić information content (AvgIpc) is 2.58. The van der Waals surface area contributed by atoms with E-state index in [2.05, 4.69) is 5.32 Å². The Morgan fingerprint density at radius 2 is 1.72 bits per heavy atom. The van der Waals surface area contributed by atoms with E-state index < -0.39 is 10.0 Å². The van der Waals surface area contributed by atoms with Gasteiger partial charge in [-0.15, -0.1) is 0 Å². The van der Waals surface area contributed by atoms with E-state index in [4.69, 9.17) is 11.6 Å². The van der Waals surface area contributed by atoms with Crippen molar-refractivity contribution in [3.8, 4) is 0 Å². The SMILES string of the molecule is CC(CNC(=O)CN(c1ccc(Cl)cc1)S(C)(=O)=O)c1ccccc1. The van der Waals surface area contributed by atoms with Gasteiger partial charge in [0.2, 0.25) is 15.9 Å². The topological polar surface area (TPSA) is 66.5 Å². The summed E-state index contributed by atoms with van der Waals surface area (Å²) in [6, 6.07) is 16.1. The fraction of sp³-hybridized carbons (Fsp3) is 0.278. The molecule has 5 nitrogen and oxygen atoms in total. The third-order valence-electron chi connectivity index (χ3n) is 3.78. The van der Waals surface area contributed by atoms with Crippen LogP contribution < -0.4 is 9.62 Å². The Balaban J connectivity index is 2.01. The van der Waals surface area contributed by atoms with E-state index in [1.807, 2.05) is 37.3 Å². The van der Waals surface area contributed by atoms with E-state index in [1.54, 1.807) is 24.3 Å². The second kappa shape index (κ2) is 8.36. The fourth-order valence-corrected chi connectivity index (χ4v) is 3.34. The van der Waals surface area contributed by atoms with Crippen LogP contribution in [0.1, 0.15) is 18.4 Å². The zero-order chi connectivity index (χ0) is 18.4. The Morgan fingerprint density at radius 1 is 1.12 bits per heavy atom. The molecule has 0 heterocycles. The van der Waals surface area contributed by atoms with E-state index in [0.717, 1.165) is 16.1 Å². The van der Waals surface area contributed by atoms with Crippen molar-refractivity contribution < 1.29 is 13.2 Å². The first-order valence-electron chi connectivity index (χ1n) is 7.82. The molecule has 0 saturated carbocycles. The lowest BCUT2D eigenvalue weighted by Gasteiger charge is -2.22. The monoisotopic (exact) mass is 380 g/mol. The van der Waals surface area contributed by atoms with Crippen molar-refractivity contribution in [1.82, 2.24) is 5.32 Å². The molecular weight excluding hydrogens is 360 g/mol. The van der Waals surface area contributed by atoms with Crippen LogP contribution in [0.3, 0.4) is 0 Å². The molecule has 1 amide bonds. The Hall–Kier alpha value is -2.05. The van der Waals surface area contributed by atoms with Crippen LogP contribution in [-0.2, 0) is 14.8 Å². The number of hydrogen-bond acceptors (Lipinski definition) is 3. The van der Waals surface area contributed by atoms with Crippen LogP contribution in [0.25, 0.3) is 0 Å². The van der Waals surface area contributed by atoms with E-state index in [1.165, 1.54) is 0 Å². The molecule has 2 aromatic rings. The summed E-state index contributed by atoms with van der Waals surface area (Å²) >= 11 is 5.83. The van der Waals surface area contributed by atoms with Crippen molar-refractivity contribution in [3.63, 3.8) is 0 Å². The smallest absolute Gasteiger partial charge is 0.240 e. The quantitative estimate of drug-likeness (QED) is 0.802. The lowest BCUT2D eigenvalue weighted by Crippen LogP contribution is -2.41. The molecule has 2 aromatic carbocycles. The highest BCUT2D eigenvalue weighted by atomic mass is 35.5. The molecule has 0 saturated heterocycles. The van der Waals surface area contributed by atoms with Gasteiger partial charge in [-0.05, 0) is 35.7 Å². The summed E-state index contributed by atoms with van der Waals surface area (Å²) in [6.07, 6.45) is 1.07. The first-order valence-corrected chi connectivity index (χ1v) is 10.0. The maximum atomic E-state index is 12.2. The molecule has 0 aromatic heterocycles. The van der Waals surface area contributed by atoms with Crippen LogP contribution in [-0.4, -0.2) is 33.7 Å². The molecule has 134 valence electrons. The summed E-state index contributed by atoms with van der Waals surface area (Å²) in [4.78, 5) is 12.2. The highest BCUT2D eigenvalue weighted by Gasteiger charge is 2.21. The molecule has 25 heavy (non-hydrogen) atoms. The van der Waals surface area contributed by atoms with Gasteiger partial charge in [0.15, 0.2) is 0 Å². The molecule has 7 heteroatoms. The molecule has 0 fully saturated rings. The van der Waals surface area contributed by atoms with Gasteiger partial charge in [0.25, 0.3) is 0 Å². The van der Waals surface area contributed by atoms with Crippen LogP contribution in [0.2, 0.25) is 5.02 Å². The molecular formula is C18H21ClN2O3S. The van der Waals surface area contributed by atoms with Crippen molar-refractivity contribution in [1.29, 1.82) is 0 Å². The number of nitrogens with one attached hydrogen (secondary N) is 1. The van der Waals surface area contributed by atoms with Gasteiger partial charge in [0.05, 0.1) is 11.9 Å². The molecule has 1 atom stereocenters. The van der Waals surface area contributed by atoms with Crippen LogP contribution in [0, 0.1) is 0 Å². The largest absolute Gasteiger partial charge is 0.354 e. The molecule has 0 radical (unpaired) electrons. The number of hydrogen-bond donors (Lipinski definition) is 1. The summed E-state index contributed by atoms with van der Waals surface area (Å²) < 4.78 is 25.1. The number of carbonyl (C=O) groups excluding carboxylic acids is 1. The summed E-state index contributed by atoms with van der Waals surface area (Å²) in [5, 5.41) is 3.29. The number of halogens is 1. The average molecular weight is 381 g/mol. The van der Waals surface area contributed by atoms with Gasteiger partial charge in [-0.25, -0.2) is 8.42 Å². The number of nitrogens with zero attached hydrogens (tertiary/aromatic N) is 1. The van der Waals surface area contributed by atoms with Gasteiger partial charge < -0.3 is 5.32 Å². The first-order chi connectivity index (χ1) is 11.8. The van der Waals surface area contributed by atoms with Crippen molar-refractivity contribution in [3.05, 3.63) is 65.2 Å². The van der Waals surface area contributed by atoms with E-state index in [-0.39, 0.29) is 18.4 Å². The van der Waals surface area contributed by atoms with E-state index >= 15 is 0 Å². The van der Waals surface area contributed by atoms with Crippen LogP contribution in [0.15, 0.2) is 54.6 Å². The van der Waals surface area contributed by atoms with E-state index in [0.29, 0.717) is 17.3 Å².